The Morgan fingerprint density at radius 2 is 1.87 bits per heavy atom. The minimum absolute atomic E-state index is 0.0668. The highest BCUT2D eigenvalue weighted by molar-refractivity contribution is 5.57. The molecule has 82 valence electrons. The van der Waals surface area contributed by atoms with Gasteiger partial charge in [0, 0.05) is 11.6 Å². The van der Waals surface area contributed by atoms with Gasteiger partial charge in [0.15, 0.2) is 0 Å². The second kappa shape index (κ2) is 5.56. The predicted octanol–water partition coefficient (Wildman–Crippen LogP) is 2.83. The molecule has 1 atom stereocenters. The Hall–Kier alpha value is -1.28. The van der Waals surface area contributed by atoms with Gasteiger partial charge in [-0.3, -0.25) is 0 Å². The number of rotatable bonds is 4. The molecule has 0 saturated heterocycles. The van der Waals surface area contributed by atoms with E-state index in [1.54, 1.807) is 0 Å². The normalized spacial score (nSPS) is 13.4. The van der Waals surface area contributed by atoms with Crippen LogP contribution in [0.4, 0.5) is 0 Å². The molecule has 0 aliphatic rings. The molecule has 1 rings (SSSR count). The summed E-state index contributed by atoms with van der Waals surface area (Å²) < 4.78 is 5.69. The summed E-state index contributed by atoms with van der Waals surface area (Å²) in [6.45, 7) is 5.99. The summed E-state index contributed by atoms with van der Waals surface area (Å²) in [7, 11) is 0. The van der Waals surface area contributed by atoms with E-state index in [-0.39, 0.29) is 12.1 Å². The van der Waals surface area contributed by atoms with Crippen molar-refractivity contribution >= 4 is 6.08 Å². The van der Waals surface area contributed by atoms with Crippen molar-refractivity contribution in [3.63, 3.8) is 0 Å². The summed E-state index contributed by atoms with van der Waals surface area (Å²) in [5, 5.41) is 0. The molecule has 0 fully saturated rings. The third kappa shape index (κ3) is 4.17. The summed E-state index contributed by atoms with van der Waals surface area (Å²) in [4.78, 5) is 0. The van der Waals surface area contributed by atoms with Gasteiger partial charge in [0.05, 0.1) is 6.10 Å². The van der Waals surface area contributed by atoms with Gasteiger partial charge in [-0.25, -0.2) is 0 Å². The topological polar surface area (TPSA) is 35.2 Å². The molecule has 2 nitrogen and oxygen atoms in total. The SMILES string of the molecule is CC(N)/C=C/c1ccccc1OC(C)C. The van der Waals surface area contributed by atoms with Crippen LogP contribution in [0.25, 0.3) is 6.08 Å². The van der Waals surface area contributed by atoms with Crippen LogP contribution < -0.4 is 10.5 Å². The number of para-hydroxylation sites is 1. The van der Waals surface area contributed by atoms with E-state index in [0.717, 1.165) is 11.3 Å². The average molecular weight is 205 g/mol. The number of ether oxygens (including phenoxy) is 1. The smallest absolute Gasteiger partial charge is 0.126 e. The third-order valence-electron chi connectivity index (χ3n) is 1.86. The monoisotopic (exact) mass is 205 g/mol. The van der Waals surface area contributed by atoms with Crippen molar-refractivity contribution < 1.29 is 4.74 Å². The summed E-state index contributed by atoms with van der Waals surface area (Å²) in [6, 6.07) is 8.03. The molecule has 1 aromatic rings. The number of hydrogen-bond acceptors (Lipinski definition) is 2. The highest BCUT2D eigenvalue weighted by Gasteiger charge is 2.01. The first-order valence-electron chi connectivity index (χ1n) is 5.29. The molecule has 0 spiro atoms. The number of nitrogens with two attached hydrogens (primary N) is 1. The second-order valence-electron chi connectivity index (χ2n) is 3.92. The number of benzene rings is 1. The van der Waals surface area contributed by atoms with Crippen molar-refractivity contribution in [3.8, 4) is 5.75 Å². The van der Waals surface area contributed by atoms with Gasteiger partial charge in [-0.05, 0) is 26.8 Å². The molecule has 0 aromatic heterocycles. The van der Waals surface area contributed by atoms with Crippen molar-refractivity contribution in [1.29, 1.82) is 0 Å². The lowest BCUT2D eigenvalue weighted by molar-refractivity contribution is 0.242. The van der Waals surface area contributed by atoms with E-state index in [1.165, 1.54) is 0 Å². The van der Waals surface area contributed by atoms with E-state index < -0.39 is 0 Å². The van der Waals surface area contributed by atoms with Crippen LogP contribution in [0.15, 0.2) is 30.3 Å². The molecule has 0 radical (unpaired) electrons. The number of hydrogen-bond donors (Lipinski definition) is 1. The van der Waals surface area contributed by atoms with Crippen molar-refractivity contribution in [1.82, 2.24) is 0 Å². The summed E-state index contributed by atoms with van der Waals surface area (Å²) in [5.41, 5.74) is 6.74. The van der Waals surface area contributed by atoms with Gasteiger partial charge in [0.25, 0.3) is 0 Å². The summed E-state index contributed by atoms with van der Waals surface area (Å²) >= 11 is 0. The van der Waals surface area contributed by atoms with Crippen LogP contribution in [-0.4, -0.2) is 12.1 Å². The largest absolute Gasteiger partial charge is 0.490 e. The standard InChI is InChI=1S/C13H19NO/c1-10(2)15-13-7-5-4-6-12(13)9-8-11(3)14/h4-11H,14H2,1-3H3/b9-8+. The lowest BCUT2D eigenvalue weighted by Crippen LogP contribution is -2.10. The van der Waals surface area contributed by atoms with Crippen LogP contribution in [0.3, 0.4) is 0 Å². The zero-order valence-electron chi connectivity index (χ0n) is 9.60. The quantitative estimate of drug-likeness (QED) is 0.820. The third-order valence-corrected chi connectivity index (χ3v) is 1.86. The summed E-state index contributed by atoms with van der Waals surface area (Å²) in [6.07, 6.45) is 4.15. The molecular formula is C13H19NO. The van der Waals surface area contributed by atoms with Crippen LogP contribution in [-0.2, 0) is 0 Å². The Morgan fingerprint density at radius 1 is 1.20 bits per heavy atom. The molecule has 1 unspecified atom stereocenters. The maximum absolute atomic E-state index is 5.69. The van der Waals surface area contributed by atoms with E-state index in [1.807, 2.05) is 57.2 Å². The summed E-state index contributed by atoms with van der Waals surface area (Å²) in [5.74, 6) is 0.907. The molecular weight excluding hydrogens is 186 g/mol. The zero-order valence-corrected chi connectivity index (χ0v) is 9.60. The van der Waals surface area contributed by atoms with E-state index in [4.69, 9.17) is 10.5 Å². The molecule has 2 heteroatoms. The van der Waals surface area contributed by atoms with Crippen LogP contribution in [0.5, 0.6) is 5.75 Å². The average Bonchev–Trinajstić information content (AvgIpc) is 2.15. The van der Waals surface area contributed by atoms with Gasteiger partial charge in [0.2, 0.25) is 0 Å². The van der Waals surface area contributed by atoms with Gasteiger partial charge in [0.1, 0.15) is 5.75 Å². The molecule has 0 aliphatic heterocycles. The molecule has 0 bridgehead atoms. The molecule has 0 heterocycles. The second-order valence-corrected chi connectivity index (χ2v) is 3.92. The maximum atomic E-state index is 5.69. The molecule has 0 amide bonds. The van der Waals surface area contributed by atoms with Crippen LogP contribution >= 0.6 is 0 Å². The predicted molar refractivity (Wildman–Crippen MR) is 64.9 cm³/mol. The van der Waals surface area contributed by atoms with Crippen molar-refractivity contribution in [2.75, 3.05) is 0 Å². The zero-order chi connectivity index (χ0) is 11.3. The van der Waals surface area contributed by atoms with Crippen molar-refractivity contribution in [3.05, 3.63) is 35.9 Å². The first kappa shape index (κ1) is 11.8. The van der Waals surface area contributed by atoms with Gasteiger partial charge in [-0.1, -0.05) is 30.4 Å². The van der Waals surface area contributed by atoms with E-state index in [2.05, 4.69) is 0 Å². The molecule has 2 N–H and O–H groups in total. The Labute approximate surface area is 91.7 Å². The molecule has 0 aliphatic carbocycles. The van der Waals surface area contributed by atoms with E-state index >= 15 is 0 Å². The van der Waals surface area contributed by atoms with Crippen LogP contribution in [0.2, 0.25) is 0 Å². The Kier molecular flexibility index (Phi) is 4.37. The Morgan fingerprint density at radius 3 is 2.47 bits per heavy atom. The lowest BCUT2D eigenvalue weighted by Gasteiger charge is -2.12. The fourth-order valence-electron chi connectivity index (χ4n) is 1.23. The lowest BCUT2D eigenvalue weighted by atomic mass is 10.1. The molecule has 0 saturated carbocycles. The van der Waals surface area contributed by atoms with Gasteiger partial charge in [-0.15, -0.1) is 0 Å². The van der Waals surface area contributed by atoms with Crippen molar-refractivity contribution in [2.45, 2.75) is 32.9 Å². The highest BCUT2D eigenvalue weighted by Crippen LogP contribution is 2.20. The van der Waals surface area contributed by atoms with Crippen LogP contribution in [0, 0.1) is 0 Å². The fourth-order valence-corrected chi connectivity index (χ4v) is 1.23. The van der Waals surface area contributed by atoms with Gasteiger partial charge >= 0.3 is 0 Å². The highest BCUT2D eigenvalue weighted by atomic mass is 16.5. The minimum atomic E-state index is 0.0668. The first-order chi connectivity index (χ1) is 7.09. The maximum Gasteiger partial charge on any atom is 0.126 e. The Balaban J connectivity index is 2.86. The Bertz CT molecular complexity index is 329. The van der Waals surface area contributed by atoms with Crippen LogP contribution in [0.1, 0.15) is 26.3 Å². The van der Waals surface area contributed by atoms with Gasteiger partial charge < -0.3 is 10.5 Å². The van der Waals surface area contributed by atoms with Gasteiger partial charge in [-0.2, -0.15) is 0 Å². The first-order valence-corrected chi connectivity index (χ1v) is 5.29. The minimum Gasteiger partial charge on any atom is -0.490 e. The molecule has 15 heavy (non-hydrogen) atoms. The van der Waals surface area contributed by atoms with Crippen molar-refractivity contribution in [2.24, 2.45) is 5.73 Å². The van der Waals surface area contributed by atoms with E-state index in [9.17, 15) is 0 Å². The molecule has 1 aromatic carbocycles. The fraction of sp³-hybridized carbons (Fsp3) is 0.385. The van der Waals surface area contributed by atoms with E-state index in [0.29, 0.717) is 0 Å².